The summed E-state index contributed by atoms with van der Waals surface area (Å²) in [7, 11) is 0. The van der Waals surface area contributed by atoms with Crippen LogP contribution in [0.25, 0.3) is 5.69 Å². The summed E-state index contributed by atoms with van der Waals surface area (Å²) in [4.78, 5) is 0. The summed E-state index contributed by atoms with van der Waals surface area (Å²) in [6.07, 6.45) is 0. The van der Waals surface area contributed by atoms with Crippen molar-refractivity contribution in [2.45, 2.75) is 59.3 Å². The van der Waals surface area contributed by atoms with Gasteiger partial charge in [0.1, 0.15) is 5.82 Å². The molecule has 0 spiro atoms. The van der Waals surface area contributed by atoms with Crippen LogP contribution >= 0.6 is 0 Å². The number of aromatic nitrogens is 2. The van der Waals surface area contributed by atoms with Crippen LogP contribution in [-0.2, 0) is 10.8 Å². The molecule has 114 valence electrons. The zero-order valence-electron chi connectivity index (χ0n) is 14.1. The van der Waals surface area contributed by atoms with Crippen LogP contribution in [0, 0.1) is 12.7 Å². The average molecular weight is 288 g/mol. The quantitative estimate of drug-likeness (QED) is 0.728. The Morgan fingerprint density at radius 3 is 1.86 bits per heavy atom. The molecule has 3 heteroatoms. The fourth-order valence-corrected chi connectivity index (χ4v) is 2.89. The summed E-state index contributed by atoms with van der Waals surface area (Å²) >= 11 is 0. The molecule has 0 atom stereocenters. The standard InChI is InChI=1S/C18H25FN2/c1-12-15(17(2,3)4)16(18(5,6)7)21(20-12)14-10-8-13(19)9-11-14/h8-11H,1-7H3. The summed E-state index contributed by atoms with van der Waals surface area (Å²) in [5.74, 6) is -0.226. The highest BCUT2D eigenvalue weighted by Crippen LogP contribution is 2.37. The second-order valence-corrected chi connectivity index (χ2v) is 7.70. The zero-order chi connectivity index (χ0) is 16.0. The fourth-order valence-electron chi connectivity index (χ4n) is 2.89. The molecule has 0 bridgehead atoms. The lowest BCUT2D eigenvalue weighted by Crippen LogP contribution is -2.24. The molecule has 0 N–H and O–H groups in total. The SMILES string of the molecule is Cc1nn(-c2ccc(F)cc2)c(C(C)(C)C)c1C(C)(C)C. The Bertz CT molecular complexity index is 638. The predicted octanol–water partition coefficient (Wildman–Crippen LogP) is 4.91. The number of rotatable bonds is 1. The topological polar surface area (TPSA) is 17.8 Å². The van der Waals surface area contributed by atoms with Gasteiger partial charge in [0.15, 0.2) is 0 Å². The Labute approximate surface area is 127 Å². The van der Waals surface area contributed by atoms with Gasteiger partial charge in [-0.05, 0) is 36.6 Å². The van der Waals surface area contributed by atoms with Crippen molar-refractivity contribution in [3.05, 3.63) is 47.0 Å². The highest BCUT2D eigenvalue weighted by atomic mass is 19.1. The van der Waals surface area contributed by atoms with E-state index in [1.807, 2.05) is 4.68 Å². The summed E-state index contributed by atoms with van der Waals surface area (Å²) < 4.78 is 15.1. The summed E-state index contributed by atoms with van der Waals surface area (Å²) in [5, 5.41) is 4.74. The first-order valence-corrected chi connectivity index (χ1v) is 7.38. The Balaban J connectivity index is 2.76. The van der Waals surface area contributed by atoms with Crippen LogP contribution in [-0.4, -0.2) is 9.78 Å². The monoisotopic (exact) mass is 288 g/mol. The number of aryl methyl sites for hydroxylation is 1. The largest absolute Gasteiger partial charge is 0.237 e. The number of benzene rings is 1. The van der Waals surface area contributed by atoms with E-state index in [0.717, 1.165) is 11.4 Å². The van der Waals surface area contributed by atoms with Gasteiger partial charge in [0.2, 0.25) is 0 Å². The number of hydrogen-bond donors (Lipinski definition) is 0. The van der Waals surface area contributed by atoms with Gasteiger partial charge in [-0.15, -0.1) is 0 Å². The van der Waals surface area contributed by atoms with Crippen molar-refractivity contribution >= 4 is 0 Å². The molecule has 0 saturated carbocycles. The molecule has 1 heterocycles. The van der Waals surface area contributed by atoms with Crippen molar-refractivity contribution in [1.29, 1.82) is 0 Å². The minimum atomic E-state index is -0.226. The van der Waals surface area contributed by atoms with Crippen LogP contribution in [0.3, 0.4) is 0 Å². The molecule has 0 amide bonds. The van der Waals surface area contributed by atoms with Gasteiger partial charge in [-0.3, -0.25) is 0 Å². The van der Waals surface area contributed by atoms with Gasteiger partial charge in [-0.1, -0.05) is 41.5 Å². The van der Waals surface area contributed by atoms with Crippen molar-refractivity contribution in [3.8, 4) is 5.69 Å². The van der Waals surface area contributed by atoms with E-state index in [9.17, 15) is 4.39 Å². The molecule has 0 saturated heterocycles. The van der Waals surface area contributed by atoms with E-state index < -0.39 is 0 Å². The van der Waals surface area contributed by atoms with Crippen molar-refractivity contribution in [3.63, 3.8) is 0 Å². The van der Waals surface area contributed by atoms with Crippen LogP contribution in [0.5, 0.6) is 0 Å². The maximum Gasteiger partial charge on any atom is 0.123 e. The molecule has 0 unspecified atom stereocenters. The maximum absolute atomic E-state index is 13.2. The Morgan fingerprint density at radius 2 is 1.43 bits per heavy atom. The van der Waals surface area contributed by atoms with Gasteiger partial charge >= 0.3 is 0 Å². The average Bonchev–Trinajstić information content (AvgIpc) is 2.67. The summed E-state index contributed by atoms with van der Waals surface area (Å²) in [5.41, 5.74) is 4.39. The van der Waals surface area contributed by atoms with E-state index in [-0.39, 0.29) is 16.6 Å². The molecule has 1 aromatic carbocycles. The summed E-state index contributed by atoms with van der Waals surface area (Å²) in [6, 6.07) is 6.53. The van der Waals surface area contributed by atoms with Crippen molar-refractivity contribution in [1.82, 2.24) is 9.78 Å². The molecule has 2 nitrogen and oxygen atoms in total. The van der Waals surface area contributed by atoms with Crippen LogP contribution < -0.4 is 0 Å². The molecule has 0 aliphatic carbocycles. The van der Waals surface area contributed by atoms with E-state index in [4.69, 9.17) is 5.10 Å². The normalized spacial score (nSPS) is 12.8. The molecule has 0 fully saturated rings. The van der Waals surface area contributed by atoms with E-state index in [1.165, 1.54) is 23.4 Å². The minimum Gasteiger partial charge on any atom is -0.237 e. The highest BCUT2D eigenvalue weighted by molar-refractivity contribution is 5.43. The van der Waals surface area contributed by atoms with E-state index in [0.29, 0.717) is 0 Å². The van der Waals surface area contributed by atoms with Gasteiger partial charge in [0.05, 0.1) is 17.1 Å². The molecule has 2 aromatic rings. The van der Waals surface area contributed by atoms with Gasteiger partial charge in [0.25, 0.3) is 0 Å². The second-order valence-electron chi connectivity index (χ2n) is 7.70. The van der Waals surface area contributed by atoms with Crippen molar-refractivity contribution in [2.24, 2.45) is 0 Å². The third-order valence-corrected chi connectivity index (χ3v) is 3.59. The zero-order valence-corrected chi connectivity index (χ0v) is 14.1. The van der Waals surface area contributed by atoms with E-state index in [2.05, 4.69) is 48.5 Å². The van der Waals surface area contributed by atoms with Crippen LogP contribution in [0.4, 0.5) is 4.39 Å². The van der Waals surface area contributed by atoms with Gasteiger partial charge in [0, 0.05) is 11.0 Å². The highest BCUT2D eigenvalue weighted by Gasteiger charge is 2.32. The van der Waals surface area contributed by atoms with Gasteiger partial charge < -0.3 is 0 Å². The summed E-state index contributed by atoms with van der Waals surface area (Å²) in [6.45, 7) is 15.3. The molecule has 0 aliphatic rings. The third kappa shape index (κ3) is 3.02. The van der Waals surface area contributed by atoms with Crippen LogP contribution in [0.1, 0.15) is 58.5 Å². The Morgan fingerprint density at radius 1 is 0.905 bits per heavy atom. The smallest absolute Gasteiger partial charge is 0.123 e. The molecular weight excluding hydrogens is 263 g/mol. The lowest BCUT2D eigenvalue weighted by molar-refractivity contribution is 0.505. The first-order valence-electron chi connectivity index (χ1n) is 7.38. The van der Waals surface area contributed by atoms with Crippen LogP contribution in [0.2, 0.25) is 0 Å². The fraction of sp³-hybridized carbons (Fsp3) is 0.500. The lowest BCUT2D eigenvalue weighted by atomic mass is 9.78. The number of halogens is 1. The third-order valence-electron chi connectivity index (χ3n) is 3.59. The number of hydrogen-bond acceptors (Lipinski definition) is 1. The van der Waals surface area contributed by atoms with E-state index in [1.54, 1.807) is 12.1 Å². The maximum atomic E-state index is 13.2. The molecule has 21 heavy (non-hydrogen) atoms. The molecular formula is C18H25FN2. The lowest BCUT2D eigenvalue weighted by Gasteiger charge is -2.28. The van der Waals surface area contributed by atoms with E-state index >= 15 is 0 Å². The van der Waals surface area contributed by atoms with Crippen molar-refractivity contribution in [2.75, 3.05) is 0 Å². The van der Waals surface area contributed by atoms with Crippen LogP contribution in [0.15, 0.2) is 24.3 Å². The van der Waals surface area contributed by atoms with Gasteiger partial charge in [-0.25, -0.2) is 9.07 Å². The second kappa shape index (κ2) is 4.97. The molecule has 2 rings (SSSR count). The van der Waals surface area contributed by atoms with Gasteiger partial charge in [-0.2, -0.15) is 5.10 Å². The first-order chi connectivity index (χ1) is 9.51. The molecule has 0 radical (unpaired) electrons. The Hall–Kier alpha value is -1.64. The Kier molecular flexibility index (Phi) is 3.73. The predicted molar refractivity (Wildman–Crippen MR) is 85.7 cm³/mol. The first kappa shape index (κ1) is 15.7. The molecule has 1 aromatic heterocycles. The van der Waals surface area contributed by atoms with Crippen molar-refractivity contribution < 1.29 is 4.39 Å². The minimum absolute atomic E-state index is 0.0188. The number of nitrogens with zero attached hydrogens (tertiary/aromatic N) is 2. The molecule has 0 aliphatic heterocycles.